The third kappa shape index (κ3) is 4.60. The van der Waals surface area contributed by atoms with Crippen LogP contribution in [0, 0.1) is 0 Å². The maximum atomic E-state index is 8.93. The normalized spacial score (nSPS) is 11.7. The van der Waals surface area contributed by atoms with Crippen molar-refractivity contribution < 1.29 is 5.21 Å². The summed E-state index contributed by atoms with van der Waals surface area (Å²) in [5.41, 5.74) is 7.44. The number of benzene rings is 1. The van der Waals surface area contributed by atoms with E-state index in [9.17, 15) is 0 Å². The number of anilines is 1. The molecule has 0 saturated heterocycles. The fourth-order valence-corrected chi connectivity index (χ4v) is 2.25. The summed E-state index contributed by atoms with van der Waals surface area (Å²) in [6.07, 6.45) is 4.46. The van der Waals surface area contributed by atoms with Crippen LogP contribution in [0.3, 0.4) is 0 Å². The van der Waals surface area contributed by atoms with E-state index in [1.807, 2.05) is 6.07 Å². The largest absolute Gasteiger partial charge is 0.409 e. The molecule has 0 aliphatic heterocycles. The molecule has 0 unspecified atom stereocenters. The van der Waals surface area contributed by atoms with Crippen molar-refractivity contribution in [1.29, 1.82) is 0 Å². The fraction of sp³-hybridized carbons (Fsp3) is 0.533. The van der Waals surface area contributed by atoms with E-state index in [-0.39, 0.29) is 5.84 Å². The number of rotatable bonds is 8. The molecule has 0 fully saturated rings. The maximum absolute atomic E-state index is 8.93. The topological polar surface area (TPSA) is 61.8 Å². The summed E-state index contributed by atoms with van der Waals surface area (Å²) in [6.45, 7) is 6.23. The second-order valence-electron chi connectivity index (χ2n) is 4.84. The first kappa shape index (κ1) is 16.6. The van der Waals surface area contributed by atoms with E-state index >= 15 is 0 Å². The van der Waals surface area contributed by atoms with E-state index in [4.69, 9.17) is 22.5 Å². The molecule has 0 atom stereocenters. The van der Waals surface area contributed by atoms with Crippen molar-refractivity contribution in [3.05, 3.63) is 28.8 Å². The second-order valence-corrected chi connectivity index (χ2v) is 5.28. The highest BCUT2D eigenvalue weighted by Crippen LogP contribution is 2.26. The van der Waals surface area contributed by atoms with Gasteiger partial charge in [0.15, 0.2) is 5.84 Å². The Bertz CT molecular complexity index is 441. The highest BCUT2D eigenvalue weighted by Gasteiger charge is 2.14. The molecule has 0 radical (unpaired) electrons. The van der Waals surface area contributed by atoms with Crippen LogP contribution in [0.25, 0.3) is 0 Å². The van der Waals surface area contributed by atoms with Crippen molar-refractivity contribution in [2.24, 2.45) is 10.9 Å². The summed E-state index contributed by atoms with van der Waals surface area (Å²) < 4.78 is 0. The minimum absolute atomic E-state index is 0.120. The van der Waals surface area contributed by atoms with Crippen LogP contribution < -0.4 is 10.6 Å². The van der Waals surface area contributed by atoms with Gasteiger partial charge in [-0.05, 0) is 31.0 Å². The van der Waals surface area contributed by atoms with Gasteiger partial charge in [0.25, 0.3) is 0 Å². The van der Waals surface area contributed by atoms with Gasteiger partial charge in [-0.1, -0.05) is 43.4 Å². The minimum Gasteiger partial charge on any atom is -0.409 e. The van der Waals surface area contributed by atoms with Gasteiger partial charge in [0.2, 0.25) is 0 Å². The Morgan fingerprint density at radius 1 is 1.25 bits per heavy atom. The van der Waals surface area contributed by atoms with Crippen LogP contribution in [0.1, 0.15) is 45.1 Å². The Kier molecular flexibility index (Phi) is 7.23. The van der Waals surface area contributed by atoms with Gasteiger partial charge in [0, 0.05) is 29.4 Å². The summed E-state index contributed by atoms with van der Waals surface area (Å²) in [4.78, 5) is 2.27. The number of nitrogens with zero attached hydrogens (tertiary/aromatic N) is 2. The number of halogens is 1. The first-order chi connectivity index (χ1) is 9.63. The number of nitrogens with two attached hydrogens (primary N) is 1. The third-order valence-electron chi connectivity index (χ3n) is 3.25. The Labute approximate surface area is 126 Å². The molecule has 1 rings (SSSR count). The van der Waals surface area contributed by atoms with E-state index in [1.165, 1.54) is 0 Å². The number of amidine groups is 1. The molecular weight excluding hydrogens is 274 g/mol. The number of hydrogen-bond donors (Lipinski definition) is 2. The van der Waals surface area contributed by atoms with Crippen molar-refractivity contribution >= 4 is 23.1 Å². The van der Waals surface area contributed by atoms with Crippen LogP contribution >= 0.6 is 11.6 Å². The Morgan fingerprint density at radius 3 is 2.35 bits per heavy atom. The molecule has 112 valence electrons. The summed E-state index contributed by atoms with van der Waals surface area (Å²) in [5.74, 6) is 0.120. The molecule has 0 aliphatic rings. The lowest BCUT2D eigenvalue weighted by Gasteiger charge is -2.27. The lowest BCUT2D eigenvalue weighted by molar-refractivity contribution is 0.318. The zero-order valence-corrected chi connectivity index (χ0v) is 13.0. The predicted molar refractivity (Wildman–Crippen MR) is 86.0 cm³/mol. The molecule has 3 N–H and O–H groups in total. The quantitative estimate of drug-likeness (QED) is 0.332. The number of unbranched alkanes of at least 4 members (excludes halogenated alkanes) is 2. The van der Waals surface area contributed by atoms with Crippen LogP contribution in [0.15, 0.2) is 23.4 Å². The van der Waals surface area contributed by atoms with E-state index in [0.29, 0.717) is 5.02 Å². The highest BCUT2D eigenvalue weighted by molar-refractivity contribution is 6.31. The second kappa shape index (κ2) is 8.69. The summed E-state index contributed by atoms with van der Waals surface area (Å²) >= 11 is 6.11. The van der Waals surface area contributed by atoms with Crippen molar-refractivity contribution in [1.82, 2.24) is 0 Å². The van der Waals surface area contributed by atoms with Gasteiger partial charge >= 0.3 is 0 Å². The first-order valence-electron chi connectivity index (χ1n) is 7.16. The Morgan fingerprint density at radius 2 is 1.85 bits per heavy atom. The van der Waals surface area contributed by atoms with Crippen LogP contribution in [0.2, 0.25) is 5.02 Å². The molecule has 1 aromatic carbocycles. The summed E-state index contributed by atoms with van der Waals surface area (Å²) in [5, 5.41) is 12.7. The van der Waals surface area contributed by atoms with E-state index in [1.54, 1.807) is 12.1 Å². The van der Waals surface area contributed by atoms with Crippen molar-refractivity contribution in [2.75, 3.05) is 18.0 Å². The van der Waals surface area contributed by atoms with Crippen LogP contribution in [-0.2, 0) is 0 Å². The average molecular weight is 298 g/mol. The monoisotopic (exact) mass is 297 g/mol. The lowest BCUT2D eigenvalue weighted by atomic mass is 10.1. The van der Waals surface area contributed by atoms with Gasteiger partial charge in [-0.3, -0.25) is 0 Å². The average Bonchev–Trinajstić information content (AvgIpc) is 2.46. The van der Waals surface area contributed by atoms with Crippen LogP contribution in [-0.4, -0.2) is 24.1 Å². The fourth-order valence-electron chi connectivity index (χ4n) is 2.09. The third-order valence-corrected chi connectivity index (χ3v) is 3.48. The zero-order valence-electron chi connectivity index (χ0n) is 12.3. The smallest absolute Gasteiger partial charge is 0.172 e. The van der Waals surface area contributed by atoms with Crippen molar-refractivity contribution in [3.8, 4) is 0 Å². The first-order valence-corrected chi connectivity index (χ1v) is 7.54. The summed E-state index contributed by atoms with van der Waals surface area (Å²) in [7, 11) is 0. The molecule has 0 aromatic heterocycles. The van der Waals surface area contributed by atoms with Crippen molar-refractivity contribution in [2.45, 2.75) is 39.5 Å². The van der Waals surface area contributed by atoms with E-state index in [2.05, 4.69) is 23.9 Å². The van der Waals surface area contributed by atoms with Gasteiger partial charge < -0.3 is 15.8 Å². The highest BCUT2D eigenvalue weighted by atomic mass is 35.5. The molecule has 0 bridgehead atoms. The molecule has 0 saturated carbocycles. The molecule has 1 aromatic rings. The van der Waals surface area contributed by atoms with Gasteiger partial charge in [0.05, 0.1) is 0 Å². The van der Waals surface area contributed by atoms with Gasteiger partial charge in [-0.2, -0.15) is 0 Å². The van der Waals surface area contributed by atoms with Crippen LogP contribution in [0.4, 0.5) is 5.69 Å². The number of oxime groups is 1. The summed E-state index contributed by atoms with van der Waals surface area (Å²) in [6, 6.07) is 5.45. The van der Waals surface area contributed by atoms with Crippen molar-refractivity contribution in [3.63, 3.8) is 0 Å². The van der Waals surface area contributed by atoms with Gasteiger partial charge in [-0.15, -0.1) is 0 Å². The standard InChI is InChI=1S/C15H24ClN3O/c1-3-5-9-19(10-6-4-2)14-11-12(16)7-8-13(14)15(17)18-20/h7-8,11,20H,3-6,9-10H2,1-2H3,(H2,17,18). The molecule has 0 amide bonds. The van der Waals surface area contributed by atoms with E-state index < -0.39 is 0 Å². The minimum atomic E-state index is 0.120. The predicted octanol–water partition coefficient (Wildman–Crippen LogP) is 3.84. The molecule has 0 heterocycles. The molecule has 4 nitrogen and oxygen atoms in total. The SMILES string of the molecule is CCCCN(CCCC)c1cc(Cl)ccc1C(N)=NO. The number of hydrogen-bond acceptors (Lipinski definition) is 3. The lowest BCUT2D eigenvalue weighted by Crippen LogP contribution is -2.28. The van der Waals surface area contributed by atoms with Gasteiger partial charge in [-0.25, -0.2) is 0 Å². The van der Waals surface area contributed by atoms with Crippen LogP contribution in [0.5, 0.6) is 0 Å². The Hall–Kier alpha value is -1.42. The molecule has 0 spiro atoms. The Balaban J connectivity index is 3.11. The molecule has 20 heavy (non-hydrogen) atoms. The molecule has 5 heteroatoms. The zero-order chi connectivity index (χ0) is 15.0. The molecule has 0 aliphatic carbocycles. The maximum Gasteiger partial charge on any atom is 0.172 e. The molecular formula is C15H24ClN3O. The van der Waals surface area contributed by atoms with E-state index in [0.717, 1.165) is 50.0 Å². The van der Waals surface area contributed by atoms with Gasteiger partial charge in [0.1, 0.15) is 0 Å².